The van der Waals surface area contributed by atoms with E-state index in [1.807, 2.05) is 75.4 Å². The van der Waals surface area contributed by atoms with Gasteiger partial charge in [-0.2, -0.15) is 0 Å². The van der Waals surface area contributed by atoms with E-state index in [1.54, 1.807) is 43.3 Å². The fourth-order valence-electron chi connectivity index (χ4n) is 4.62. The van der Waals surface area contributed by atoms with Crippen LogP contribution in [0.5, 0.6) is 11.5 Å². The van der Waals surface area contributed by atoms with E-state index >= 15 is 0 Å². The largest absolute Gasteiger partial charge is 0.457 e. The molecule has 230 valence electrons. The lowest BCUT2D eigenvalue weighted by molar-refractivity contribution is -0.139. The summed E-state index contributed by atoms with van der Waals surface area (Å²) < 4.78 is 35.1. The number of carbonyl (C=O) groups excluding carboxylic acids is 2. The van der Waals surface area contributed by atoms with Crippen LogP contribution in [-0.2, 0) is 26.2 Å². The Labute approximate surface area is 260 Å². The summed E-state index contributed by atoms with van der Waals surface area (Å²) in [5.41, 5.74) is 3.03. The average Bonchev–Trinajstić information content (AvgIpc) is 3.02. The normalized spacial score (nSPS) is 11.8. The van der Waals surface area contributed by atoms with Crippen molar-refractivity contribution in [2.24, 2.45) is 0 Å². The first kappa shape index (κ1) is 32.3. The number of hydrogen-bond donors (Lipinski definition) is 1. The quantitative estimate of drug-likeness (QED) is 0.193. The second-order valence-electron chi connectivity index (χ2n) is 10.6. The summed E-state index contributed by atoms with van der Waals surface area (Å²) in [7, 11) is -4.17. The van der Waals surface area contributed by atoms with Gasteiger partial charge in [0, 0.05) is 13.1 Å². The summed E-state index contributed by atoms with van der Waals surface area (Å²) in [6.07, 6.45) is 0.747. The first-order valence-corrected chi connectivity index (χ1v) is 16.1. The van der Waals surface area contributed by atoms with Crippen molar-refractivity contribution in [3.05, 3.63) is 120 Å². The summed E-state index contributed by atoms with van der Waals surface area (Å²) in [6.45, 7) is 7.53. The molecule has 4 aromatic rings. The molecule has 0 fully saturated rings. The van der Waals surface area contributed by atoms with Gasteiger partial charge in [-0.3, -0.25) is 13.9 Å². The number of hydrogen-bond acceptors (Lipinski definition) is 5. The molecule has 4 aromatic carbocycles. The van der Waals surface area contributed by atoms with E-state index in [-0.39, 0.29) is 17.3 Å². The fraction of sp³-hybridized carbons (Fsp3) is 0.257. The zero-order valence-corrected chi connectivity index (χ0v) is 26.4. The number of ether oxygens (including phenoxy) is 1. The van der Waals surface area contributed by atoms with Gasteiger partial charge in [0.15, 0.2) is 0 Å². The maximum atomic E-state index is 14.1. The Morgan fingerprint density at radius 3 is 2.07 bits per heavy atom. The summed E-state index contributed by atoms with van der Waals surface area (Å²) in [5, 5.41) is 2.86. The minimum atomic E-state index is -4.17. The molecular formula is C35H39N3O5S. The lowest BCUT2D eigenvalue weighted by Gasteiger charge is -2.32. The molecule has 1 atom stereocenters. The molecule has 9 heteroatoms. The van der Waals surface area contributed by atoms with Crippen molar-refractivity contribution in [1.82, 2.24) is 10.2 Å². The monoisotopic (exact) mass is 613 g/mol. The lowest BCUT2D eigenvalue weighted by Crippen LogP contribution is -2.51. The predicted octanol–water partition coefficient (Wildman–Crippen LogP) is 6.23. The highest BCUT2D eigenvalue weighted by Crippen LogP contribution is 2.29. The third-order valence-electron chi connectivity index (χ3n) is 7.31. The number of anilines is 1. The van der Waals surface area contributed by atoms with E-state index in [9.17, 15) is 18.0 Å². The van der Waals surface area contributed by atoms with E-state index in [1.165, 1.54) is 17.0 Å². The SMILES string of the molecule is CCCNC(=O)C(C)N(Cc1ccccc1C)C(=O)CN(c1ccc(Oc2ccccc2)cc1)S(=O)(=O)c1ccc(C)cc1. The van der Waals surface area contributed by atoms with Crippen molar-refractivity contribution in [3.8, 4) is 11.5 Å². The van der Waals surface area contributed by atoms with Crippen LogP contribution in [0.2, 0.25) is 0 Å². The van der Waals surface area contributed by atoms with Crippen LogP contribution in [0.3, 0.4) is 0 Å². The second kappa shape index (κ2) is 14.7. The molecule has 0 bridgehead atoms. The van der Waals surface area contributed by atoms with Crippen molar-refractivity contribution in [3.63, 3.8) is 0 Å². The van der Waals surface area contributed by atoms with Gasteiger partial charge in [-0.15, -0.1) is 0 Å². The number of benzene rings is 4. The Morgan fingerprint density at radius 1 is 0.818 bits per heavy atom. The van der Waals surface area contributed by atoms with E-state index < -0.39 is 28.5 Å². The van der Waals surface area contributed by atoms with Crippen LogP contribution in [0, 0.1) is 13.8 Å². The summed E-state index contributed by atoms with van der Waals surface area (Å²) in [5.74, 6) is 0.347. The molecule has 8 nitrogen and oxygen atoms in total. The summed E-state index contributed by atoms with van der Waals surface area (Å²) in [4.78, 5) is 28.7. The maximum Gasteiger partial charge on any atom is 0.264 e. The molecule has 0 aliphatic rings. The molecule has 44 heavy (non-hydrogen) atoms. The minimum Gasteiger partial charge on any atom is -0.457 e. The van der Waals surface area contributed by atoms with Crippen LogP contribution >= 0.6 is 0 Å². The Hall–Kier alpha value is -4.63. The zero-order chi connectivity index (χ0) is 31.7. The Kier molecular flexibility index (Phi) is 10.8. The van der Waals surface area contributed by atoms with Crippen LogP contribution in [-0.4, -0.2) is 44.3 Å². The molecule has 0 saturated carbocycles. The van der Waals surface area contributed by atoms with Crippen molar-refractivity contribution < 1.29 is 22.7 Å². The van der Waals surface area contributed by atoms with Crippen molar-refractivity contribution in [2.75, 3.05) is 17.4 Å². The Balaban J connectivity index is 1.70. The highest BCUT2D eigenvalue weighted by molar-refractivity contribution is 7.92. The van der Waals surface area contributed by atoms with Gasteiger partial charge in [0.1, 0.15) is 24.1 Å². The van der Waals surface area contributed by atoms with E-state index in [4.69, 9.17) is 4.74 Å². The molecular weight excluding hydrogens is 574 g/mol. The van der Waals surface area contributed by atoms with E-state index in [2.05, 4.69) is 5.32 Å². The van der Waals surface area contributed by atoms with Crippen LogP contribution in [0.15, 0.2) is 108 Å². The van der Waals surface area contributed by atoms with Crippen molar-refractivity contribution >= 4 is 27.5 Å². The van der Waals surface area contributed by atoms with Crippen LogP contribution in [0.4, 0.5) is 5.69 Å². The molecule has 0 radical (unpaired) electrons. The van der Waals surface area contributed by atoms with Crippen LogP contribution in [0.25, 0.3) is 0 Å². The number of nitrogens with zero attached hydrogens (tertiary/aromatic N) is 2. The first-order chi connectivity index (χ1) is 21.1. The van der Waals surface area contributed by atoms with Gasteiger partial charge in [-0.05, 0) is 86.8 Å². The highest BCUT2D eigenvalue weighted by atomic mass is 32.2. The maximum absolute atomic E-state index is 14.1. The lowest BCUT2D eigenvalue weighted by atomic mass is 10.1. The molecule has 0 spiro atoms. The summed E-state index contributed by atoms with van der Waals surface area (Å²) in [6, 6.07) is 29.1. The Bertz CT molecular complexity index is 1660. The number of rotatable bonds is 13. The van der Waals surface area contributed by atoms with Gasteiger partial charge in [-0.25, -0.2) is 8.42 Å². The van der Waals surface area contributed by atoms with Crippen molar-refractivity contribution in [2.45, 2.75) is 51.6 Å². The smallest absolute Gasteiger partial charge is 0.264 e. The third-order valence-corrected chi connectivity index (χ3v) is 9.10. The molecule has 4 rings (SSSR count). The first-order valence-electron chi connectivity index (χ1n) is 14.6. The van der Waals surface area contributed by atoms with E-state index in [0.29, 0.717) is 23.7 Å². The predicted molar refractivity (Wildman–Crippen MR) is 173 cm³/mol. The average molecular weight is 614 g/mol. The molecule has 1 N–H and O–H groups in total. The molecule has 1 unspecified atom stereocenters. The number of nitrogens with one attached hydrogen (secondary N) is 1. The second-order valence-corrected chi connectivity index (χ2v) is 12.5. The number of para-hydroxylation sites is 1. The summed E-state index contributed by atoms with van der Waals surface area (Å²) >= 11 is 0. The topological polar surface area (TPSA) is 96.0 Å². The van der Waals surface area contributed by atoms with Gasteiger partial charge in [0.25, 0.3) is 10.0 Å². The molecule has 0 saturated heterocycles. The van der Waals surface area contributed by atoms with Crippen LogP contribution in [0.1, 0.15) is 37.0 Å². The molecule has 0 aliphatic heterocycles. The number of amides is 2. The number of aryl methyl sites for hydroxylation is 2. The van der Waals surface area contributed by atoms with Crippen molar-refractivity contribution in [1.29, 1.82) is 0 Å². The standard InChI is InChI=1S/C35H39N3O5S/c1-5-23-36-35(40)28(4)37(24-29-12-10-9-11-27(29)3)34(39)25-38(44(41,42)33-21-15-26(2)16-22-33)30-17-19-32(20-18-30)43-31-13-7-6-8-14-31/h6-22,28H,5,23-25H2,1-4H3,(H,36,40). The number of sulfonamides is 1. The van der Waals surface area contributed by atoms with Gasteiger partial charge in [-0.1, -0.05) is 67.1 Å². The minimum absolute atomic E-state index is 0.0553. The van der Waals surface area contributed by atoms with Gasteiger partial charge in [0.05, 0.1) is 10.6 Å². The zero-order valence-electron chi connectivity index (χ0n) is 25.6. The molecule has 0 heterocycles. The molecule has 0 aliphatic carbocycles. The van der Waals surface area contributed by atoms with E-state index in [0.717, 1.165) is 27.4 Å². The Morgan fingerprint density at radius 2 is 1.43 bits per heavy atom. The van der Waals surface area contributed by atoms with Gasteiger partial charge in [0.2, 0.25) is 11.8 Å². The third kappa shape index (κ3) is 8.05. The number of carbonyl (C=O) groups is 2. The van der Waals surface area contributed by atoms with Crippen LogP contribution < -0.4 is 14.4 Å². The fourth-order valence-corrected chi connectivity index (χ4v) is 6.03. The van der Waals surface area contributed by atoms with Gasteiger partial charge >= 0.3 is 0 Å². The van der Waals surface area contributed by atoms with Gasteiger partial charge < -0.3 is 15.0 Å². The highest BCUT2D eigenvalue weighted by Gasteiger charge is 2.32. The molecule has 2 amide bonds. The molecule has 0 aromatic heterocycles.